The summed E-state index contributed by atoms with van der Waals surface area (Å²) in [5.41, 5.74) is 2.79. The van der Waals surface area contributed by atoms with Gasteiger partial charge in [-0.1, -0.05) is 76.0 Å². The highest BCUT2D eigenvalue weighted by Crippen LogP contribution is 2.35. The standard InChI is InChI=1S/C54H65N11O10S/c1-54(2,3)43(66)30-44(55)60-52(73)58-35-15-13-34(14-16-35)38-31-64-39-18-17-36(29-42(39)76-53(64)59-38)74-28-27-62-23-25-63(26-24-62)32-46(68)56-21-8-6-4-5-7-9-22-57-47(69)33-75-41-12-10-11-37-48(41)51(72)65(50(37)71)40-19-20-45(67)61-49(40)70/h10-18,29-31,40,66H,4-9,19-28,32-33H2,1-3H3,(H,56,68)(H,57,69)(H,61,67,70)(H3,55,58,60,73)/b43-30-. The summed E-state index contributed by atoms with van der Waals surface area (Å²) in [5.74, 6) is -2.18. The molecular weight excluding hydrogens is 995 g/mol. The van der Waals surface area contributed by atoms with Crippen LogP contribution in [-0.2, 0) is 19.2 Å². The van der Waals surface area contributed by atoms with Gasteiger partial charge in [-0.3, -0.25) is 63.9 Å². The lowest BCUT2D eigenvalue weighted by molar-refractivity contribution is -0.136. The number of nitrogens with one attached hydrogen (secondary N) is 6. The van der Waals surface area contributed by atoms with Crippen LogP contribution in [0.25, 0.3) is 26.4 Å². The van der Waals surface area contributed by atoms with E-state index in [4.69, 9.17) is 19.9 Å². The smallest absolute Gasteiger partial charge is 0.324 e. The molecule has 5 heterocycles. The fourth-order valence-electron chi connectivity index (χ4n) is 9.04. The molecule has 8 amide bonds. The van der Waals surface area contributed by atoms with Crippen LogP contribution >= 0.6 is 11.3 Å². The number of hydrogen-bond donors (Lipinski definition) is 7. The van der Waals surface area contributed by atoms with Crippen molar-refractivity contribution in [1.29, 1.82) is 5.41 Å². The normalized spacial score (nSPS) is 16.4. The number of benzene rings is 3. The maximum atomic E-state index is 13.2. The molecule has 402 valence electrons. The summed E-state index contributed by atoms with van der Waals surface area (Å²) in [6, 6.07) is 16.2. The van der Waals surface area contributed by atoms with Crippen molar-refractivity contribution in [2.75, 3.05) is 70.9 Å². The molecule has 8 rings (SSSR count). The van der Waals surface area contributed by atoms with Gasteiger partial charge in [0.05, 0.1) is 33.6 Å². The molecule has 7 N–H and O–H groups in total. The monoisotopic (exact) mass is 1060 g/mol. The van der Waals surface area contributed by atoms with E-state index in [2.05, 4.69) is 40.8 Å². The first-order chi connectivity index (χ1) is 36.5. The van der Waals surface area contributed by atoms with Gasteiger partial charge in [-0.2, -0.15) is 0 Å². The molecule has 3 aromatic carbocycles. The molecule has 0 bridgehead atoms. The van der Waals surface area contributed by atoms with Gasteiger partial charge in [-0.25, -0.2) is 9.78 Å². The third-order valence-electron chi connectivity index (χ3n) is 13.3. The molecule has 2 saturated heterocycles. The molecule has 5 aromatic rings. The van der Waals surface area contributed by atoms with Crippen LogP contribution in [0.5, 0.6) is 11.5 Å². The third kappa shape index (κ3) is 14.0. The number of unbranched alkanes of at least 4 members (excludes halogenated alkanes) is 5. The van der Waals surface area contributed by atoms with E-state index in [0.29, 0.717) is 31.9 Å². The highest BCUT2D eigenvalue weighted by atomic mass is 32.1. The topological polar surface area (TPSA) is 269 Å². The Labute approximate surface area is 443 Å². The number of aliphatic hydroxyl groups excluding tert-OH is 1. The van der Waals surface area contributed by atoms with E-state index in [1.165, 1.54) is 18.2 Å². The first kappa shape index (κ1) is 54.6. The molecule has 0 saturated carbocycles. The van der Waals surface area contributed by atoms with Crippen molar-refractivity contribution in [2.45, 2.75) is 78.2 Å². The Kier molecular flexibility index (Phi) is 17.8. The SMILES string of the molecule is CC(C)(C)/C(O)=C/C(=N)NC(=O)Nc1ccc(-c2cn3c(n2)sc2cc(OCCN4CCN(CC(=O)NCCCCCCCCNC(=O)COc5cccc6c5C(=O)N(C5CCC(=O)NC5=O)C6=O)CC4)ccc23)cc1. The van der Waals surface area contributed by atoms with Crippen molar-refractivity contribution >= 4 is 79.5 Å². The number of allylic oxidation sites excluding steroid dienone is 1. The van der Waals surface area contributed by atoms with Gasteiger partial charge in [0.15, 0.2) is 11.6 Å². The number of aliphatic hydroxyl groups is 1. The van der Waals surface area contributed by atoms with Gasteiger partial charge < -0.3 is 30.5 Å². The fourth-order valence-corrected chi connectivity index (χ4v) is 10.1. The zero-order chi connectivity index (χ0) is 53.9. The second kappa shape index (κ2) is 24.8. The van der Waals surface area contributed by atoms with E-state index >= 15 is 0 Å². The predicted octanol–water partition coefficient (Wildman–Crippen LogP) is 5.85. The minimum Gasteiger partial charge on any atom is -0.512 e. The Morgan fingerprint density at radius 2 is 1.57 bits per heavy atom. The number of anilines is 1. The molecule has 1 unspecified atom stereocenters. The fraction of sp³-hybridized carbons (Fsp3) is 0.426. The number of imide groups is 2. The molecule has 76 heavy (non-hydrogen) atoms. The lowest BCUT2D eigenvalue weighted by Crippen LogP contribution is -2.54. The Bertz CT molecular complexity index is 3030. The predicted molar refractivity (Wildman–Crippen MR) is 287 cm³/mol. The number of carbonyl (C=O) groups excluding carboxylic acids is 7. The van der Waals surface area contributed by atoms with Gasteiger partial charge >= 0.3 is 6.03 Å². The van der Waals surface area contributed by atoms with Crippen LogP contribution in [0.2, 0.25) is 0 Å². The molecule has 2 aromatic heterocycles. The summed E-state index contributed by atoms with van der Waals surface area (Å²) >= 11 is 1.58. The summed E-state index contributed by atoms with van der Waals surface area (Å²) in [4.78, 5) is 99.0. The number of amides is 8. The second-order valence-corrected chi connectivity index (χ2v) is 21.1. The number of hydrogen-bond acceptors (Lipinski definition) is 15. The van der Waals surface area contributed by atoms with Gasteiger partial charge in [-0.05, 0) is 61.7 Å². The average molecular weight is 1060 g/mol. The van der Waals surface area contributed by atoms with E-state index in [-0.39, 0.29) is 59.7 Å². The van der Waals surface area contributed by atoms with Crippen LogP contribution in [0.3, 0.4) is 0 Å². The van der Waals surface area contributed by atoms with Crippen molar-refractivity contribution in [1.82, 2.24) is 45.4 Å². The van der Waals surface area contributed by atoms with Crippen molar-refractivity contribution in [3.05, 3.63) is 89.8 Å². The largest absolute Gasteiger partial charge is 0.512 e. The lowest BCUT2D eigenvalue weighted by atomic mass is 9.93. The van der Waals surface area contributed by atoms with Gasteiger partial charge in [0.1, 0.15) is 35.7 Å². The molecule has 3 aliphatic heterocycles. The van der Waals surface area contributed by atoms with E-state index in [1.807, 2.05) is 57.3 Å². The Morgan fingerprint density at radius 3 is 2.28 bits per heavy atom. The van der Waals surface area contributed by atoms with E-state index in [9.17, 15) is 38.7 Å². The van der Waals surface area contributed by atoms with Gasteiger partial charge in [0.2, 0.25) is 17.7 Å². The number of amidine groups is 1. The Balaban J connectivity index is 0.642. The molecule has 22 heteroatoms. The highest BCUT2D eigenvalue weighted by molar-refractivity contribution is 7.23. The minimum atomic E-state index is -1.09. The molecule has 21 nitrogen and oxygen atoms in total. The Hall–Kier alpha value is -7.69. The molecule has 3 aliphatic rings. The summed E-state index contributed by atoms with van der Waals surface area (Å²) in [6.45, 7) is 11.2. The number of aromatic nitrogens is 2. The van der Waals surface area contributed by atoms with Crippen molar-refractivity contribution in [3.8, 4) is 22.8 Å². The number of nitrogens with zero attached hydrogens (tertiary/aromatic N) is 5. The van der Waals surface area contributed by atoms with E-state index in [1.54, 1.807) is 29.5 Å². The molecule has 2 fully saturated rings. The van der Waals surface area contributed by atoms with Crippen molar-refractivity contribution in [3.63, 3.8) is 0 Å². The summed E-state index contributed by atoms with van der Waals surface area (Å²) < 4.78 is 14.9. The van der Waals surface area contributed by atoms with Gasteiger partial charge in [-0.15, -0.1) is 0 Å². The molecule has 0 radical (unpaired) electrons. The zero-order valence-corrected chi connectivity index (χ0v) is 43.8. The summed E-state index contributed by atoms with van der Waals surface area (Å²) in [5, 5.41) is 31.2. The molecule has 0 spiro atoms. The van der Waals surface area contributed by atoms with E-state index in [0.717, 1.165) is 108 Å². The number of imidazole rings is 1. The minimum absolute atomic E-state index is 0.00338. The van der Waals surface area contributed by atoms with Crippen LogP contribution in [0.4, 0.5) is 10.5 Å². The number of piperazine rings is 1. The van der Waals surface area contributed by atoms with Crippen LogP contribution in [0.15, 0.2) is 78.7 Å². The summed E-state index contributed by atoms with van der Waals surface area (Å²) in [6.07, 6.45) is 8.88. The number of thiazole rings is 1. The maximum absolute atomic E-state index is 13.2. The van der Waals surface area contributed by atoms with Crippen LogP contribution in [-0.4, -0.2) is 148 Å². The summed E-state index contributed by atoms with van der Waals surface area (Å²) in [7, 11) is 0. The first-order valence-corrected chi connectivity index (χ1v) is 26.5. The lowest BCUT2D eigenvalue weighted by Gasteiger charge is -2.34. The van der Waals surface area contributed by atoms with E-state index < -0.39 is 41.1 Å². The molecule has 1 atom stereocenters. The van der Waals surface area contributed by atoms with Gasteiger partial charge in [0.25, 0.3) is 17.7 Å². The number of rotatable bonds is 22. The second-order valence-electron chi connectivity index (χ2n) is 20.1. The number of fused-ring (bicyclic) bond motifs is 4. The Morgan fingerprint density at radius 1 is 0.868 bits per heavy atom. The number of piperidine rings is 1. The number of urea groups is 1. The van der Waals surface area contributed by atoms with Gasteiger partial charge in [0, 0.05) is 81.2 Å². The van der Waals surface area contributed by atoms with Crippen LogP contribution in [0.1, 0.15) is 92.9 Å². The van der Waals surface area contributed by atoms with Crippen molar-refractivity contribution in [2.24, 2.45) is 5.41 Å². The third-order valence-corrected chi connectivity index (χ3v) is 14.4. The highest BCUT2D eigenvalue weighted by Gasteiger charge is 2.46. The van der Waals surface area contributed by atoms with Crippen LogP contribution < -0.4 is 36.1 Å². The molecular formula is C54H65N11O10S. The average Bonchev–Trinajstić information content (AvgIpc) is 4.10. The van der Waals surface area contributed by atoms with Crippen LogP contribution in [0, 0.1) is 10.8 Å². The number of carbonyl (C=O) groups is 7. The number of ether oxygens (including phenoxy) is 2. The quantitative estimate of drug-likeness (QED) is 0.0141. The first-order valence-electron chi connectivity index (χ1n) is 25.7. The zero-order valence-electron chi connectivity index (χ0n) is 43.0. The molecule has 0 aliphatic carbocycles. The maximum Gasteiger partial charge on any atom is 0.324 e. The van der Waals surface area contributed by atoms with Crippen molar-refractivity contribution < 1.29 is 48.1 Å².